The molecule has 0 bridgehead atoms. The largest absolute Gasteiger partial charge is 0.484 e. The summed E-state index contributed by atoms with van der Waals surface area (Å²) in [5, 5.41) is 4.77. The number of hydrogen-bond acceptors (Lipinski definition) is 4. The van der Waals surface area contributed by atoms with Crippen molar-refractivity contribution in [1.82, 2.24) is 5.16 Å². The van der Waals surface area contributed by atoms with E-state index in [-0.39, 0.29) is 6.61 Å². The average molecular weight is 273 g/mol. The smallest absolute Gasteiger partial charge is 0.174 e. The highest BCUT2D eigenvalue weighted by Gasteiger charge is 2.06. The first-order chi connectivity index (χ1) is 8.19. The maximum absolute atomic E-state index is 5.95. The van der Waals surface area contributed by atoms with Gasteiger partial charge in [-0.15, -0.1) is 0 Å². The number of nitrogens with zero attached hydrogens (tertiary/aromatic N) is 1. The van der Waals surface area contributed by atoms with Gasteiger partial charge in [-0.1, -0.05) is 28.4 Å². The minimum atomic E-state index is 0.244. The summed E-state index contributed by atoms with van der Waals surface area (Å²) in [7, 11) is 0. The van der Waals surface area contributed by atoms with E-state index >= 15 is 0 Å². The average Bonchev–Trinajstić information content (AvgIpc) is 2.76. The molecule has 1 aromatic carbocycles. The summed E-state index contributed by atoms with van der Waals surface area (Å²) in [5.41, 5.74) is 6.10. The molecule has 2 N–H and O–H groups in total. The fourth-order valence-corrected chi connectivity index (χ4v) is 1.72. The van der Waals surface area contributed by atoms with E-state index in [1.54, 1.807) is 24.3 Å². The van der Waals surface area contributed by atoms with Gasteiger partial charge in [0.15, 0.2) is 5.76 Å². The molecule has 0 fully saturated rings. The Kier molecular flexibility index (Phi) is 3.89. The first-order valence-corrected chi connectivity index (χ1v) is 5.67. The van der Waals surface area contributed by atoms with Crippen LogP contribution >= 0.6 is 23.2 Å². The highest BCUT2D eigenvalue weighted by Crippen LogP contribution is 2.28. The summed E-state index contributed by atoms with van der Waals surface area (Å²) in [5.74, 6) is 1.14. The van der Waals surface area contributed by atoms with Crippen molar-refractivity contribution < 1.29 is 9.26 Å². The van der Waals surface area contributed by atoms with Crippen molar-refractivity contribution in [2.24, 2.45) is 5.73 Å². The van der Waals surface area contributed by atoms with E-state index < -0.39 is 0 Å². The molecule has 17 heavy (non-hydrogen) atoms. The van der Waals surface area contributed by atoms with Gasteiger partial charge in [0.2, 0.25) is 0 Å². The van der Waals surface area contributed by atoms with Crippen LogP contribution in [-0.2, 0) is 13.2 Å². The van der Waals surface area contributed by atoms with Crippen LogP contribution in [0.2, 0.25) is 10.0 Å². The molecule has 0 atom stereocenters. The standard InChI is InChI=1S/C11H10Cl2N2O2/c12-7-1-2-11(10(13)3-7)16-6-9-4-8(5-14)15-17-9/h1-4H,5-6,14H2. The van der Waals surface area contributed by atoms with Gasteiger partial charge in [0.25, 0.3) is 0 Å². The van der Waals surface area contributed by atoms with Gasteiger partial charge >= 0.3 is 0 Å². The molecule has 0 aliphatic rings. The number of ether oxygens (including phenoxy) is 1. The van der Waals surface area contributed by atoms with E-state index in [4.69, 9.17) is 38.2 Å². The van der Waals surface area contributed by atoms with Crippen molar-refractivity contribution in [2.75, 3.05) is 0 Å². The molecule has 90 valence electrons. The predicted molar refractivity (Wildman–Crippen MR) is 65.2 cm³/mol. The van der Waals surface area contributed by atoms with Crippen LogP contribution in [0.15, 0.2) is 28.8 Å². The van der Waals surface area contributed by atoms with E-state index in [1.165, 1.54) is 0 Å². The highest BCUT2D eigenvalue weighted by atomic mass is 35.5. The molecule has 2 aromatic rings. The fourth-order valence-electron chi connectivity index (χ4n) is 1.26. The van der Waals surface area contributed by atoms with Crippen molar-refractivity contribution in [2.45, 2.75) is 13.2 Å². The van der Waals surface area contributed by atoms with Crippen LogP contribution in [-0.4, -0.2) is 5.16 Å². The molecule has 0 amide bonds. The molecule has 0 radical (unpaired) electrons. The highest BCUT2D eigenvalue weighted by molar-refractivity contribution is 6.35. The molecule has 6 heteroatoms. The number of halogens is 2. The van der Waals surface area contributed by atoms with E-state index in [9.17, 15) is 0 Å². The third-order valence-corrected chi connectivity index (χ3v) is 2.61. The molecule has 0 saturated carbocycles. The molecular weight excluding hydrogens is 263 g/mol. The first kappa shape index (κ1) is 12.2. The predicted octanol–water partition coefficient (Wildman–Crippen LogP) is 3.02. The van der Waals surface area contributed by atoms with Gasteiger partial charge < -0.3 is 15.0 Å². The third-order valence-electron chi connectivity index (χ3n) is 2.08. The maximum Gasteiger partial charge on any atom is 0.174 e. The molecule has 0 aliphatic carbocycles. The maximum atomic E-state index is 5.95. The second-order valence-electron chi connectivity index (χ2n) is 3.35. The number of aromatic nitrogens is 1. The molecule has 0 aliphatic heterocycles. The van der Waals surface area contributed by atoms with Crippen molar-refractivity contribution in [3.8, 4) is 5.75 Å². The summed E-state index contributed by atoms with van der Waals surface area (Å²) in [6, 6.07) is 6.76. The van der Waals surface area contributed by atoms with Crippen LogP contribution in [0.5, 0.6) is 5.75 Å². The van der Waals surface area contributed by atoms with Gasteiger partial charge in [0, 0.05) is 17.6 Å². The zero-order chi connectivity index (χ0) is 12.3. The van der Waals surface area contributed by atoms with Crippen molar-refractivity contribution in [3.05, 3.63) is 45.8 Å². The van der Waals surface area contributed by atoms with Crippen molar-refractivity contribution in [1.29, 1.82) is 0 Å². The Morgan fingerprint density at radius 2 is 2.12 bits per heavy atom. The van der Waals surface area contributed by atoms with Crippen LogP contribution in [0.4, 0.5) is 0 Å². The van der Waals surface area contributed by atoms with Crippen molar-refractivity contribution in [3.63, 3.8) is 0 Å². The molecular formula is C11H10Cl2N2O2. The summed E-state index contributed by atoms with van der Waals surface area (Å²) in [4.78, 5) is 0. The molecule has 1 heterocycles. The minimum Gasteiger partial charge on any atom is -0.484 e. The molecule has 1 aromatic heterocycles. The molecule has 0 unspecified atom stereocenters. The normalized spacial score (nSPS) is 10.5. The zero-order valence-corrected chi connectivity index (χ0v) is 10.3. The zero-order valence-electron chi connectivity index (χ0n) is 8.82. The van der Waals surface area contributed by atoms with E-state index in [1.807, 2.05) is 0 Å². The van der Waals surface area contributed by atoms with Crippen LogP contribution in [0.1, 0.15) is 11.5 Å². The second-order valence-corrected chi connectivity index (χ2v) is 4.20. The molecule has 0 saturated heterocycles. The molecule has 0 spiro atoms. The monoisotopic (exact) mass is 272 g/mol. The Morgan fingerprint density at radius 3 is 2.76 bits per heavy atom. The van der Waals surface area contributed by atoms with E-state index in [0.717, 1.165) is 0 Å². The second kappa shape index (κ2) is 5.40. The SMILES string of the molecule is NCc1cc(COc2ccc(Cl)cc2Cl)on1. The van der Waals surface area contributed by atoms with Gasteiger partial charge in [-0.25, -0.2) is 0 Å². The Morgan fingerprint density at radius 1 is 1.29 bits per heavy atom. The summed E-state index contributed by atoms with van der Waals surface area (Å²) >= 11 is 11.7. The quantitative estimate of drug-likeness (QED) is 0.930. The number of rotatable bonds is 4. The van der Waals surface area contributed by atoms with E-state index in [2.05, 4.69) is 5.16 Å². The van der Waals surface area contributed by atoms with Gasteiger partial charge in [0.05, 0.1) is 10.7 Å². The summed E-state index contributed by atoms with van der Waals surface area (Å²) < 4.78 is 10.5. The lowest BCUT2D eigenvalue weighted by Gasteiger charge is -2.05. The topological polar surface area (TPSA) is 61.3 Å². The lowest BCUT2D eigenvalue weighted by atomic mass is 10.3. The van der Waals surface area contributed by atoms with Crippen LogP contribution < -0.4 is 10.5 Å². The van der Waals surface area contributed by atoms with Crippen LogP contribution in [0, 0.1) is 0 Å². The number of benzene rings is 1. The Bertz CT molecular complexity index is 514. The summed E-state index contributed by atoms with van der Waals surface area (Å²) in [6.45, 7) is 0.583. The van der Waals surface area contributed by atoms with Crippen LogP contribution in [0.25, 0.3) is 0 Å². The summed E-state index contributed by atoms with van der Waals surface area (Å²) in [6.07, 6.45) is 0. The Labute approximate surface area is 108 Å². The Balaban J connectivity index is 2.02. The van der Waals surface area contributed by atoms with E-state index in [0.29, 0.717) is 33.8 Å². The minimum absolute atomic E-state index is 0.244. The molecule has 4 nitrogen and oxygen atoms in total. The fraction of sp³-hybridized carbons (Fsp3) is 0.182. The van der Waals surface area contributed by atoms with Crippen LogP contribution in [0.3, 0.4) is 0 Å². The van der Waals surface area contributed by atoms with Gasteiger partial charge in [-0.05, 0) is 18.2 Å². The lowest BCUT2D eigenvalue weighted by molar-refractivity contribution is 0.248. The molecule has 2 rings (SSSR count). The Hall–Kier alpha value is -1.23. The van der Waals surface area contributed by atoms with Gasteiger partial charge in [0.1, 0.15) is 12.4 Å². The first-order valence-electron chi connectivity index (χ1n) is 4.91. The van der Waals surface area contributed by atoms with Crippen molar-refractivity contribution >= 4 is 23.2 Å². The number of hydrogen-bond donors (Lipinski definition) is 1. The third kappa shape index (κ3) is 3.12. The number of nitrogens with two attached hydrogens (primary N) is 1. The van der Waals surface area contributed by atoms with Gasteiger partial charge in [-0.2, -0.15) is 0 Å². The van der Waals surface area contributed by atoms with Gasteiger partial charge in [-0.3, -0.25) is 0 Å². The lowest BCUT2D eigenvalue weighted by Crippen LogP contribution is -1.96.